The summed E-state index contributed by atoms with van der Waals surface area (Å²) in [5.74, 6) is -3.38. The first-order valence-corrected chi connectivity index (χ1v) is 18.8. The van der Waals surface area contributed by atoms with Crippen LogP contribution in [0.25, 0.3) is 10.9 Å². The summed E-state index contributed by atoms with van der Waals surface area (Å²) in [5, 5.41) is 0.197. The van der Waals surface area contributed by atoms with E-state index in [1.54, 1.807) is 47.6 Å². The molecule has 0 unspecified atom stereocenters. The van der Waals surface area contributed by atoms with Gasteiger partial charge in [0.2, 0.25) is 19.5 Å². The Morgan fingerprint density at radius 3 is 2.11 bits per heavy atom. The molecule has 1 saturated heterocycles. The molecule has 3 aromatic rings. The number of likely N-dealkylation sites (tertiary alicyclic amines) is 1. The lowest BCUT2D eigenvalue weighted by Crippen LogP contribution is -2.42. The molecule has 0 saturated carbocycles. The van der Waals surface area contributed by atoms with Gasteiger partial charge in [-0.1, -0.05) is 29.8 Å². The summed E-state index contributed by atoms with van der Waals surface area (Å²) in [6, 6.07) is 7.52. The normalized spacial score (nSPS) is 16.5. The van der Waals surface area contributed by atoms with Crippen molar-refractivity contribution in [2.24, 2.45) is 10.8 Å². The molecule has 1 amide bonds. The molecular formula is C37H44ClF2N2O10P. The summed E-state index contributed by atoms with van der Waals surface area (Å²) in [6.45, 7) is 8.66. The van der Waals surface area contributed by atoms with E-state index < -0.39 is 80.2 Å². The fourth-order valence-corrected chi connectivity index (χ4v) is 7.04. The standard InChI is InChI=1S/C37H44ClF2N2O10P/c1-22(43)27-18-41(19-32(45)42-17-24(39)15-30(42)31(44)14-11-23-9-8-10-28(38)33(23)40)29-16-25(12-13-26(27)29)53(48,51-20-49-34(46)36(2,3)4)52-21-50-35(47)37(5,6)7/h8-10,12-13,16,18,24,30H,11,14-15,17,19-21H2,1-7H3/t24-,30+/m1/s1. The Labute approximate surface area is 311 Å². The van der Waals surface area contributed by atoms with E-state index in [-0.39, 0.29) is 58.6 Å². The van der Waals surface area contributed by atoms with Crippen LogP contribution in [0.15, 0.2) is 42.6 Å². The molecule has 0 N–H and O–H groups in total. The van der Waals surface area contributed by atoms with Crippen molar-refractivity contribution < 1.29 is 55.8 Å². The van der Waals surface area contributed by atoms with Crippen LogP contribution in [-0.2, 0) is 55.2 Å². The summed E-state index contributed by atoms with van der Waals surface area (Å²) < 4.78 is 66.2. The molecule has 53 heavy (non-hydrogen) atoms. The summed E-state index contributed by atoms with van der Waals surface area (Å²) in [6.07, 6.45) is -0.442. The van der Waals surface area contributed by atoms with Gasteiger partial charge < -0.3 is 18.9 Å². The van der Waals surface area contributed by atoms with Gasteiger partial charge in [-0.2, -0.15) is 0 Å². The highest BCUT2D eigenvalue weighted by molar-refractivity contribution is 7.62. The number of fused-ring (bicyclic) bond motifs is 1. The fourth-order valence-electron chi connectivity index (χ4n) is 5.55. The molecule has 1 aliphatic heterocycles. The van der Waals surface area contributed by atoms with E-state index in [1.165, 1.54) is 48.0 Å². The van der Waals surface area contributed by atoms with E-state index >= 15 is 0 Å². The number of carbonyl (C=O) groups is 5. The van der Waals surface area contributed by atoms with Gasteiger partial charge in [-0.3, -0.25) is 37.6 Å². The lowest BCUT2D eigenvalue weighted by molar-refractivity contribution is -0.161. The van der Waals surface area contributed by atoms with Crippen LogP contribution in [0, 0.1) is 16.6 Å². The monoisotopic (exact) mass is 780 g/mol. The number of hydrogen-bond donors (Lipinski definition) is 0. The van der Waals surface area contributed by atoms with Crippen LogP contribution < -0.4 is 5.30 Å². The van der Waals surface area contributed by atoms with Gasteiger partial charge in [0.25, 0.3) is 0 Å². The molecule has 0 radical (unpaired) electrons. The zero-order valence-electron chi connectivity index (χ0n) is 30.7. The predicted molar refractivity (Wildman–Crippen MR) is 192 cm³/mol. The second kappa shape index (κ2) is 16.6. The minimum Gasteiger partial charge on any atom is -0.438 e. The molecule has 2 atom stereocenters. The van der Waals surface area contributed by atoms with E-state index in [2.05, 4.69) is 0 Å². The SMILES string of the molecule is CC(=O)c1cn(CC(=O)N2C[C@H](F)C[C@H]2C(=O)CCc2cccc(Cl)c2F)c2cc(P(=O)(OCOC(=O)C(C)(C)C)OCOC(=O)C(C)(C)C)ccc12. The van der Waals surface area contributed by atoms with Crippen molar-refractivity contribution in [1.82, 2.24) is 9.47 Å². The van der Waals surface area contributed by atoms with E-state index in [0.29, 0.717) is 5.39 Å². The lowest BCUT2D eigenvalue weighted by Gasteiger charge is -2.24. The molecule has 12 nitrogen and oxygen atoms in total. The Balaban J connectivity index is 1.62. The first-order chi connectivity index (χ1) is 24.6. The maximum absolute atomic E-state index is 14.7. The Kier molecular flexibility index (Phi) is 13.1. The number of esters is 2. The van der Waals surface area contributed by atoms with Crippen molar-refractivity contribution >= 4 is 64.8 Å². The van der Waals surface area contributed by atoms with Gasteiger partial charge in [0.15, 0.2) is 11.6 Å². The average molecular weight is 781 g/mol. The molecule has 16 heteroatoms. The van der Waals surface area contributed by atoms with E-state index in [1.807, 2.05) is 0 Å². The average Bonchev–Trinajstić information content (AvgIpc) is 3.64. The van der Waals surface area contributed by atoms with Gasteiger partial charge in [0.1, 0.15) is 18.5 Å². The number of rotatable bonds is 14. The Bertz CT molecular complexity index is 1920. The highest BCUT2D eigenvalue weighted by Gasteiger charge is 2.40. The lowest BCUT2D eigenvalue weighted by atomic mass is 9.98. The van der Waals surface area contributed by atoms with Crippen LogP contribution in [0.1, 0.15) is 77.2 Å². The number of halogens is 3. The summed E-state index contributed by atoms with van der Waals surface area (Å²) in [7, 11) is -4.43. The number of amides is 1. The maximum atomic E-state index is 14.7. The number of alkyl halides is 1. The minimum absolute atomic E-state index is 0.00268. The third-order valence-corrected chi connectivity index (χ3v) is 10.6. The van der Waals surface area contributed by atoms with E-state index in [9.17, 15) is 37.3 Å². The van der Waals surface area contributed by atoms with Gasteiger partial charge >= 0.3 is 19.5 Å². The molecule has 2 heterocycles. The van der Waals surface area contributed by atoms with Gasteiger partial charge in [0, 0.05) is 30.0 Å². The zero-order valence-corrected chi connectivity index (χ0v) is 32.4. The van der Waals surface area contributed by atoms with E-state index in [4.69, 9.17) is 30.1 Å². The first kappa shape index (κ1) is 41.8. The number of Topliss-reactive ketones (excluding diaryl/α,β-unsaturated/α-hetero) is 2. The maximum Gasteiger partial charge on any atom is 0.367 e. The number of nitrogens with zero attached hydrogens (tertiary/aromatic N) is 2. The number of aryl methyl sites for hydroxylation is 1. The Hall–Kier alpha value is -3.97. The predicted octanol–water partition coefficient (Wildman–Crippen LogP) is 6.72. The molecule has 1 aromatic heterocycles. The largest absolute Gasteiger partial charge is 0.438 e. The fraction of sp³-hybridized carbons (Fsp3) is 0.486. The third-order valence-electron chi connectivity index (χ3n) is 8.53. The number of hydrogen-bond acceptors (Lipinski definition) is 10. The van der Waals surface area contributed by atoms with Crippen molar-refractivity contribution in [3.8, 4) is 0 Å². The number of carbonyl (C=O) groups excluding carboxylic acids is 5. The van der Waals surface area contributed by atoms with Crippen LogP contribution in [0.4, 0.5) is 8.78 Å². The molecule has 2 aromatic carbocycles. The van der Waals surface area contributed by atoms with Gasteiger partial charge in [-0.15, -0.1) is 0 Å². The quantitative estimate of drug-likeness (QED) is 0.0747. The molecule has 1 aliphatic rings. The second-order valence-corrected chi connectivity index (χ2v) is 17.3. The molecule has 0 bridgehead atoms. The Morgan fingerprint density at radius 1 is 0.943 bits per heavy atom. The number of benzene rings is 2. The topological polar surface area (TPSA) is 148 Å². The second-order valence-electron chi connectivity index (χ2n) is 14.9. The Morgan fingerprint density at radius 2 is 1.55 bits per heavy atom. The molecule has 4 rings (SSSR count). The highest BCUT2D eigenvalue weighted by atomic mass is 35.5. The van der Waals surface area contributed by atoms with Gasteiger partial charge in [-0.25, -0.2) is 8.78 Å². The molecule has 288 valence electrons. The van der Waals surface area contributed by atoms with Crippen molar-refractivity contribution in [1.29, 1.82) is 0 Å². The number of ketones is 2. The van der Waals surface area contributed by atoms with Crippen LogP contribution in [0.3, 0.4) is 0 Å². The van der Waals surface area contributed by atoms with Crippen molar-refractivity contribution in [2.45, 2.75) is 86.5 Å². The molecule has 0 aliphatic carbocycles. The van der Waals surface area contributed by atoms with Gasteiger partial charge in [-0.05, 0) is 78.6 Å². The summed E-state index contributed by atoms with van der Waals surface area (Å²) in [5.41, 5.74) is -1.13. The van der Waals surface area contributed by atoms with Crippen molar-refractivity contribution in [3.05, 3.63) is 64.6 Å². The highest BCUT2D eigenvalue weighted by Crippen LogP contribution is 2.48. The van der Waals surface area contributed by atoms with Crippen LogP contribution in [0.5, 0.6) is 0 Å². The van der Waals surface area contributed by atoms with E-state index in [0.717, 1.165) is 4.90 Å². The first-order valence-electron chi connectivity index (χ1n) is 16.9. The summed E-state index contributed by atoms with van der Waals surface area (Å²) in [4.78, 5) is 65.5. The van der Waals surface area contributed by atoms with Crippen molar-refractivity contribution in [3.63, 3.8) is 0 Å². The number of ether oxygens (including phenoxy) is 2. The zero-order chi connectivity index (χ0) is 39.5. The smallest absolute Gasteiger partial charge is 0.367 e. The molecule has 0 spiro atoms. The van der Waals surface area contributed by atoms with Gasteiger partial charge in [0.05, 0.1) is 39.3 Å². The summed E-state index contributed by atoms with van der Waals surface area (Å²) >= 11 is 5.86. The van der Waals surface area contributed by atoms with Crippen molar-refractivity contribution in [2.75, 3.05) is 20.1 Å². The molecular weight excluding hydrogens is 737 g/mol. The molecule has 1 fully saturated rings. The third kappa shape index (κ3) is 10.2. The van der Waals surface area contributed by atoms with Crippen LogP contribution in [-0.4, -0.2) is 71.2 Å². The van der Waals surface area contributed by atoms with Crippen LogP contribution >= 0.6 is 19.2 Å². The van der Waals surface area contributed by atoms with Crippen LogP contribution in [0.2, 0.25) is 5.02 Å². The minimum atomic E-state index is -4.43. The number of aromatic nitrogens is 1.